The van der Waals surface area contributed by atoms with Crippen LogP contribution in [0.2, 0.25) is 5.02 Å². The lowest BCUT2D eigenvalue weighted by Gasteiger charge is -2.39. The Kier molecular flexibility index (Phi) is 12.9. The topological polar surface area (TPSA) is 164 Å². The molecular formula is C42H50ClN9O5. The second-order valence-corrected chi connectivity index (χ2v) is 15.8. The van der Waals surface area contributed by atoms with Gasteiger partial charge >= 0.3 is 0 Å². The molecular weight excluding hydrogens is 746 g/mol. The molecule has 4 fully saturated rings. The standard InChI is InChI=1S/C42H50ClN9O5/c1-2-52(37-14-16-39(53)46-41(37)55)42(56)29-3-8-32(9-4-29)50-23-21-49(22-24-50)27-28-17-19-51(20-18-28)38-15-13-36(47-48-38)40(54)45-31-6-11-33(12-7-31)57-34-10-5-30(26-44)35(43)25-34/h3-5,8-10,13,15,25,28,31,33,37H,2,6-7,11-12,14,16-24,27H2,1H3,(H,45,54)(H,46,53,55). The molecule has 0 bridgehead atoms. The molecule has 4 amide bonds. The average Bonchev–Trinajstić information content (AvgIpc) is 3.23. The van der Waals surface area contributed by atoms with Gasteiger partial charge in [0.25, 0.3) is 11.8 Å². The molecule has 2 aromatic carbocycles. The number of carbonyl (C=O) groups excluding carboxylic acids is 4. The monoisotopic (exact) mass is 795 g/mol. The maximum absolute atomic E-state index is 13.3. The number of imide groups is 1. The van der Waals surface area contributed by atoms with Crippen molar-refractivity contribution in [3.63, 3.8) is 0 Å². The van der Waals surface area contributed by atoms with Gasteiger partial charge in [-0.25, -0.2) is 0 Å². The number of carbonyl (C=O) groups is 4. The first kappa shape index (κ1) is 40.0. The van der Waals surface area contributed by atoms with E-state index in [1.807, 2.05) is 37.3 Å². The molecule has 2 N–H and O–H groups in total. The van der Waals surface area contributed by atoms with E-state index in [9.17, 15) is 19.2 Å². The maximum Gasteiger partial charge on any atom is 0.272 e. The van der Waals surface area contributed by atoms with E-state index in [2.05, 4.69) is 41.6 Å². The Hall–Kier alpha value is -5.26. The van der Waals surface area contributed by atoms with Gasteiger partial charge in [0.1, 0.15) is 17.9 Å². The number of amides is 4. The SMILES string of the molecule is CCN(C(=O)c1ccc(N2CCN(CC3CCN(c4ccc(C(=O)NC5CCC(Oc6ccc(C#N)c(Cl)c6)CC5)nn4)CC3)CC2)cc1)C1CCC(=O)NC1=O. The van der Waals surface area contributed by atoms with E-state index in [-0.39, 0.29) is 36.3 Å². The van der Waals surface area contributed by atoms with E-state index in [1.165, 1.54) is 0 Å². The van der Waals surface area contributed by atoms with E-state index in [0.29, 0.717) is 46.5 Å². The zero-order valence-corrected chi connectivity index (χ0v) is 33.1. The number of nitriles is 1. The van der Waals surface area contributed by atoms with E-state index in [4.69, 9.17) is 21.6 Å². The fraction of sp³-hybridized carbons (Fsp3) is 0.500. The molecule has 1 aromatic heterocycles. The molecule has 7 rings (SSSR count). The third-order valence-electron chi connectivity index (χ3n) is 11.8. The molecule has 3 aromatic rings. The third kappa shape index (κ3) is 9.83. The fourth-order valence-electron chi connectivity index (χ4n) is 8.42. The highest BCUT2D eigenvalue weighted by atomic mass is 35.5. The van der Waals surface area contributed by atoms with Gasteiger partial charge in [0.2, 0.25) is 11.8 Å². The average molecular weight is 796 g/mol. The summed E-state index contributed by atoms with van der Waals surface area (Å²) in [6.07, 6.45) is 5.93. The molecule has 300 valence electrons. The van der Waals surface area contributed by atoms with E-state index in [1.54, 1.807) is 29.2 Å². The molecule has 57 heavy (non-hydrogen) atoms. The number of benzene rings is 2. The first-order valence-electron chi connectivity index (χ1n) is 20.1. The second kappa shape index (κ2) is 18.3. The van der Waals surface area contributed by atoms with Gasteiger partial charge in [-0.15, -0.1) is 10.2 Å². The van der Waals surface area contributed by atoms with Gasteiger partial charge in [0, 0.05) is 82.1 Å². The van der Waals surface area contributed by atoms with Gasteiger partial charge < -0.3 is 24.8 Å². The Balaban J connectivity index is 0.800. The van der Waals surface area contributed by atoms with Crippen LogP contribution >= 0.6 is 11.6 Å². The van der Waals surface area contributed by atoms with Crippen LogP contribution < -0.4 is 25.2 Å². The first-order chi connectivity index (χ1) is 27.7. The summed E-state index contributed by atoms with van der Waals surface area (Å²) < 4.78 is 6.08. The molecule has 3 saturated heterocycles. The van der Waals surface area contributed by atoms with Crippen LogP contribution in [-0.2, 0) is 9.59 Å². The summed E-state index contributed by atoms with van der Waals surface area (Å²) >= 11 is 6.15. The molecule has 0 radical (unpaired) electrons. The number of rotatable bonds is 11. The van der Waals surface area contributed by atoms with Crippen LogP contribution in [-0.4, -0.2) is 114 Å². The molecule has 1 aliphatic carbocycles. The normalized spacial score (nSPS) is 22.0. The van der Waals surface area contributed by atoms with Crippen molar-refractivity contribution in [2.45, 2.75) is 76.5 Å². The molecule has 4 heterocycles. The summed E-state index contributed by atoms with van der Waals surface area (Å²) in [5, 5.41) is 23.6. The maximum atomic E-state index is 13.3. The van der Waals surface area contributed by atoms with Crippen molar-refractivity contribution in [3.8, 4) is 11.8 Å². The summed E-state index contributed by atoms with van der Waals surface area (Å²) in [6, 6.07) is 17.9. The van der Waals surface area contributed by atoms with Gasteiger partial charge in [0.15, 0.2) is 11.5 Å². The number of nitrogens with one attached hydrogen (secondary N) is 2. The van der Waals surface area contributed by atoms with Crippen LogP contribution in [0.5, 0.6) is 5.75 Å². The summed E-state index contributed by atoms with van der Waals surface area (Å²) in [4.78, 5) is 59.0. The molecule has 1 saturated carbocycles. The van der Waals surface area contributed by atoms with Gasteiger partial charge in [-0.1, -0.05) is 11.6 Å². The number of halogens is 1. The van der Waals surface area contributed by atoms with Crippen molar-refractivity contribution < 1.29 is 23.9 Å². The van der Waals surface area contributed by atoms with Crippen LogP contribution in [0.25, 0.3) is 0 Å². The summed E-state index contributed by atoms with van der Waals surface area (Å²) in [6.45, 7) is 8.84. The Labute approximate surface area is 338 Å². The Morgan fingerprint density at radius 3 is 2.28 bits per heavy atom. The number of piperidine rings is 2. The van der Waals surface area contributed by atoms with Gasteiger partial charge in [-0.05, 0) is 106 Å². The van der Waals surface area contributed by atoms with E-state index in [0.717, 1.165) is 95.8 Å². The minimum atomic E-state index is -0.630. The number of anilines is 2. The minimum absolute atomic E-state index is 0.0282. The van der Waals surface area contributed by atoms with Crippen molar-refractivity contribution in [2.75, 3.05) is 62.2 Å². The minimum Gasteiger partial charge on any atom is -0.490 e. The molecule has 1 atom stereocenters. The van der Waals surface area contributed by atoms with Crippen molar-refractivity contribution in [3.05, 3.63) is 76.4 Å². The number of aromatic nitrogens is 2. The van der Waals surface area contributed by atoms with Gasteiger partial charge in [-0.3, -0.25) is 29.4 Å². The van der Waals surface area contributed by atoms with Crippen molar-refractivity contribution >= 4 is 46.7 Å². The zero-order valence-electron chi connectivity index (χ0n) is 32.4. The lowest BCUT2D eigenvalue weighted by atomic mass is 9.93. The molecule has 1 unspecified atom stereocenters. The number of likely N-dealkylation sites (N-methyl/N-ethyl adjacent to an activating group) is 1. The van der Waals surface area contributed by atoms with Gasteiger partial charge in [0.05, 0.1) is 16.7 Å². The highest BCUT2D eigenvalue weighted by Gasteiger charge is 2.34. The predicted octanol–water partition coefficient (Wildman–Crippen LogP) is 4.43. The van der Waals surface area contributed by atoms with Crippen molar-refractivity contribution in [1.82, 2.24) is 30.6 Å². The smallest absolute Gasteiger partial charge is 0.272 e. The molecule has 3 aliphatic heterocycles. The number of piperazine rings is 1. The van der Waals surface area contributed by atoms with Crippen LogP contribution in [0, 0.1) is 17.2 Å². The highest BCUT2D eigenvalue weighted by molar-refractivity contribution is 6.31. The number of hydrogen-bond acceptors (Lipinski definition) is 11. The van der Waals surface area contributed by atoms with Crippen molar-refractivity contribution in [1.29, 1.82) is 5.26 Å². The molecule has 14 nitrogen and oxygen atoms in total. The van der Waals surface area contributed by atoms with Crippen LogP contribution in [0.3, 0.4) is 0 Å². The number of hydrogen-bond donors (Lipinski definition) is 2. The Morgan fingerprint density at radius 1 is 0.912 bits per heavy atom. The Morgan fingerprint density at radius 2 is 1.65 bits per heavy atom. The molecule has 0 spiro atoms. The number of nitrogens with zero attached hydrogens (tertiary/aromatic N) is 7. The van der Waals surface area contributed by atoms with Crippen LogP contribution in [0.1, 0.15) is 84.7 Å². The summed E-state index contributed by atoms with van der Waals surface area (Å²) in [7, 11) is 0. The largest absolute Gasteiger partial charge is 0.490 e. The lowest BCUT2D eigenvalue weighted by molar-refractivity contribution is -0.136. The third-order valence-corrected chi connectivity index (χ3v) is 12.1. The fourth-order valence-corrected chi connectivity index (χ4v) is 8.63. The first-order valence-corrected chi connectivity index (χ1v) is 20.5. The van der Waals surface area contributed by atoms with Crippen LogP contribution in [0.4, 0.5) is 11.5 Å². The molecule has 15 heteroatoms. The summed E-state index contributed by atoms with van der Waals surface area (Å²) in [5.74, 6) is 0.931. The predicted molar refractivity (Wildman–Crippen MR) is 215 cm³/mol. The van der Waals surface area contributed by atoms with Crippen molar-refractivity contribution in [2.24, 2.45) is 5.92 Å². The molecule has 4 aliphatic rings. The highest BCUT2D eigenvalue weighted by Crippen LogP contribution is 2.28. The zero-order chi connectivity index (χ0) is 39.9. The van der Waals surface area contributed by atoms with Crippen LogP contribution in [0.15, 0.2) is 54.6 Å². The lowest BCUT2D eigenvalue weighted by Crippen LogP contribution is -2.54. The summed E-state index contributed by atoms with van der Waals surface area (Å²) in [5.41, 5.74) is 2.35. The van der Waals surface area contributed by atoms with E-state index >= 15 is 0 Å². The second-order valence-electron chi connectivity index (χ2n) is 15.4. The quantitative estimate of drug-likeness (QED) is 0.264. The Bertz CT molecular complexity index is 1950. The van der Waals surface area contributed by atoms with E-state index < -0.39 is 11.9 Å². The van der Waals surface area contributed by atoms with Gasteiger partial charge in [-0.2, -0.15) is 5.26 Å². The number of ether oxygens (including phenoxy) is 1.